The van der Waals surface area contributed by atoms with Crippen molar-refractivity contribution in [3.63, 3.8) is 0 Å². The van der Waals surface area contributed by atoms with Gasteiger partial charge in [-0.2, -0.15) is 0 Å². The van der Waals surface area contributed by atoms with Gasteiger partial charge in [-0.05, 0) is 37.1 Å². The lowest BCUT2D eigenvalue weighted by Gasteiger charge is -2.35. The smallest absolute Gasteiger partial charge is 0.0863 e. The Hall–Kier alpha value is -1.64. The van der Waals surface area contributed by atoms with E-state index in [9.17, 15) is 0 Å². The maximum Gasteiger partial charge on any atom is 0.0863 e. The van der Waals surface area contributed by atoms with Crippen molar-refractivity contribution >= 4 is 0 Å². The van der Waals surface area contributed by atoms with Gasteiger partial charge in [0.15, 0.2) is 0 Å². The molecule has 1 aliphatic rings. The van der Waals surface area contributed by atoms with Gasteiger partial charge in [0, 0.05) is 6.54 Å². The summed E-state index contributed by atoms with van der Waals surface area (Å²) in [6.45, 7) is 3.31. The van der Waals surface area contributed by atoms with Crippen molar-refractivity contribution in [2.75, 3.05) is 13.1 Å². The number of nitrogens with zero attached hydrogens (tertiary/aromatic N) is 1. The highest BCUT2D eigenvalue weighted by atomic mass is 15.3. The minimum atomic E-state index is 0.326. The Kier molecular flexibility index (Phi) is 5.03. The molecule has 110 valence electrons. The lowest BCUT2D eigenvalue weighted by atomic mass is 10.1. The van der Waals surface area contributed by atoms with E-state index < -0.39 is 0 Å². The third-order valence-corrected chi connectivity index (χ3v) is 4.21. The molecular weight excluding hydrogens is 256 g/mol. The van der Waals surface area contributed by atoms with E-state index in [1.54, 1.807) is 0 Å². The van der Waals surface area contributed by atoms with Crippen molar-refractivity contribution in [1.29, 1.82) is 0 Å². The van der Waals surface area contributed by atoms with Gasteiger partial charge >= 0.3 is 0 Å². The Morgan fingerprint density at radius 3 is 2.10 bits per heavy atom. The molecule has 2 aromatic carbocycles. The molecule has 0 spiro atoms. The van der Waals surface area contributed by atoms with E-state index in [1.165, 1.54) is 43.5 Å². The topological polar surface area (TPSA) is 15.3 Å². The molecule has 0 amide bonds. The molecule has 1 aliphatic heterocycles. The minimum absolute atomic E-state index is 0.326. The van der Waals surface area contributed by atoms with Gasteiger partial charge in [-0.1, -0.05) is 67.1 Å². The van der Waals surface area contributed by atoms with Gasteiger partial charge in [-0.25, -0.2) is 0 Å². The monoisotopic (exact) mass is 280 g/mol. The van der Waals surface area contributed by atoms with E-state index in [0.717, 1.165) is 6.54 Å². The Morgan fingerprint density at radius 1 is 0.810 bits per heavy atom. The molecule has 0 saturated carbocycles. The highest BCUT2D eigenvalue weighted by molar-refractivity contribution is 5.20. The van der Waals surface area contributed by atoms with Crippen molar-refractivity contribution in [2.24, 2.45) is 0 Å². The van der Waals surface area contributed by atoms with Crippen molar-refractivity contribution < 1.29 is 0 Å². The van der Waals surface area contributed by atoms with Crippen LogP contribution in [0.25, 0.3) is 0 Å². The number of hydrogen-bond donors (Lipinski definition) is 1. The van der Waals surface area contributed by atoms with Crippen LogP contribution in [0.4, 0.5) is 0 Å². The number of hydrogen-bond acceptors (Lipinski definition) is 2. The van der Waals surface area contributed by atoms with Gasteiger partial charge in [0.1, 0.15) is 0 Å². The third kappa shape index (κ3) is 3.93. The van der Waals surface area contributed by atoms with Crippen LogP contribution in [0.1, 0.15) is 36.6 Å². The first-order chi connectivity index (χ1) is 10.4. The predicted molar refractivity (Wildman–Crippen MR) is 87.9 cm³/mol. The second-order valence-electron chi connectivity index (χ2n) is 5.78. The number of nitrogens with one attached hydrogen (secondary N) is 1. The maximum atomic E-state index is 3.75. The minimum Gasteiger partial charge on any atom is -0.294 e. The molecule has 1 N–H and O–H groups in total. The van der Waals surface area contributed by atoms with Crippen LogP contribution in [0.3, 0.4) is 0 Å². The van der Waals surface area contributed by atoms with Crippen LogP contribution >= 0.6 is 0 Å². The van der Waals surface area contributed by atoms with Crippen LogP contribution in [0.15, 0.2) is 60.7 Å². The molecular formula is C19H24N2. The van der Waals surface area contributed by atoms with E-state index in [2.05, 4.69) is 70.9 Å². The van der Waals surface area contributed by atoms with Crippen molar-refractivity contribution in [1.82, 2.24) is 10.2 Å². The molecule has 1 heterocycles. The largest absolute Gasteiger partial charge is 0.294 e. The first-order valence-electron chi connectivity index (χ1n) is 8.00. The lowest BCUT2D eigenvalue weighted by molar-refractivity contribution is 0.135. The van der Waals surface area contributed by atoms with Crippen molar-refractivity contribution in [3.05, 3.63) is 71.8 Å². The fourth-order valence-corrected chi connectivity index (χ4v) is 3.08. The zero-order valence-electron chi connectivity index (χ0n) is 12.5. The fraction of sp³-hybridized carbons (Fsp3) is 0.368. The molecule has 0 bridgehead atoms. The average molecular weight is 280 g/mol. The van der Waals surface area contributed by atoms with E-state index >= 15 is 0 Å². The average Bonchev–Trinajstić information content (AvgIpc) is 2.58. The summed E-state index contributed by atoms with van der Waals surface area (Å²) in [6.07, 6.45) is 4.33. The predicted octanol–water partition coefficient (Wildman–Crippen LogP) is 3.96. The molecule has 1 atom stereocenters. The van der Waals surface area contributed by atoms with E-state index in [0.29, 0.717) is 6.17 Å². The summed E-state index contributed by atoms with van der Waals surface area (Å²) in [5, 5.41) is 3.75. The zero-order valence-corrected chi connectivity index (χ0v) is 12.5. The van der Waals surface area contributed by atoms with Crippen molar-refractivity contribution in [3.8, 4) is 0 Å². The molecule has 1 saturated heterocycles. The van der Waals surface area contributed by atoms with E-state index in [1.807, 2.05) is 0 Å². The first-order valence-corrected chi connectivity index (χ1v) is 8.00. The van der Waals surface area contributed by atoms with E-state index in [-0.39, 0.29) is 0 Å². The quantitative estimate of drug-likeness (QED) is 0.892. The molecule has 0 aliphatic carbocycles. The highest BCUT2D eigenvalue weighted by Gasteiger charge is 2.21. The highest BCUT2D eigenvalue weighted by Crippen LogP contribution is 2.22. The molecule has 21 heavy (non-hydrogen) atoms. The van der Waals surface area contributed by atoms with Crippen LogP contribution in [0, 0.1) is 0 Å². The Balaban J connectivity index is 1.72. The Labute approximate surface area is 127 Å². The summed E-state index contributed by atoms with van der Waals surface area (Å²) in [6, 6.07) is 21.5. The van der Waals surface area contributed by atoms with Gasteiger partial charge in [0.2, 0.25) is 0 Å². The fourth-order valence-electron chi connectivity index (χ4n) is 3.08. The summed E-state index contributed by atoms with van der Waals surface area (Å²) in [7, 11) is 0. The summed E-state index contributed by atoms with van der Waals surface area (Å²) >= 11 is 0. The molecule has 3 rings (SSSR count). The standard InChI is InChI=1S/C19H24N2/c1-4-10-17(11-5-1)16-20-19(18-12-6-2-7-13-18)21-14-8-3-9-15-21/h1-2,4-7,10-13,19-20H,3,8-9,14-16H2. The van der Waals surface area contributed by atoms with Gasteiger partial charge < -0.3 is 0 Å². The second-order valence-corrected chi connectivity index (χ2v) is 5.78. The van der Waals surface area contributed by atoms with Crippen LogP contribution in [0.5, 0.6) is 0 Å². The lowest BCUT2D eigenvalue weighted by Crippen LogP contribution is -2.41. The molecule has 1 unspecified atom stereocenters. The van der Waals surface area contributed by atoms with Crippen LogP contribution < -0.4 is 5.32 Å². The summed E-state index contributed by atoms with van der Waals surface area (Å²) in [4.78, 5) is 2.59. The number of benzene rings is 2. The van der Waals surface area contributed by atoms with Gasteiger partial charge in [-0.3, -0.25) is 10.2 Å². The number of rotatable bonds is 5. The van der Waals surface area contributed by atoms with Gasteiger partial charge in [-0.15, -0.1) is 0 Å². The molecule has 2 nitrogen and oxygen atoms in total. The Bertz CT molecular complexity index is 518. The first kappa shape index (κ1) is 14.3. The second kappa shape index (κ2) is 7.39. The van der Waals surface area contributed by atoms with Crippen LogP contribution in [-0.2, 0) is 6.54 Å². The SMILES string of the molecule is c1ccc(CNC(c2ccccc2)N2CCCCC2)cc1. The summed E-state index contributed by atoms with van der Waals surface area (Å²) < 4.78 is 0. The molecule has 0 aromatic heterocycles. The third-order valence-electron chi connectivity index (χ3n) is 4.21. The number of piperidine rings is 1. The molecule has 1 fully saturated rings. The van der Waals surface area contributed by atoms with Gasteiger partial charge in [0.25, 0.3) is 0 Å². The summed E-state index contributed by atoms with van der Waals surface area (Å²) in [5.41, 5.74) is 2.71. The normalized spacial score (nSPS) is 17.5. The van der Waals surface area contributed by atoms with Crippen molar-refractivity contribution in [2.45, 2.75) is 32.0 Å². The van der Waals surface area contributed by atoms with Crippen LogP contribution in [-0.4, -0.2) is 18.0 Å². The molecule has 2 aromatic rings. The van der Waals surface area contributed by atoms with Gasteiger partial charge in [0.05, 0.1) is 6.17 Å². The molecule has 2 heteroatoms. The van der Waals surface area contributed by atoms with Crippen LogP contribution in [0.2, 0.25) is 0 Å². The maximum absolute atomic E-state index is 3.75. The molecule has 0 radical (unpaired) electrons. The Morgan fingerprint density at radius 2 is 1.43 bits per heavy atom. The zero-order chi connectivity index (χ0) is 14.3. The number of likely N-dealkylation sites (tertiary alicyclic amines) is 1. The van der Waals surface area contributed by atoms with E-state index in [4.69, 9.17) is 0 Å². The summed E-state index contributed by atoms with van der Waals surface area (Å²) in [5.74, 6) is 0.